The Labute approximate surface area is 90.7 Å². The van der Waals surface area contributed by atoms with Crippen molar-refractivity contribution in [3.63, 3.8) is 0 Å². The van der Waals surface area contributed by atoms with Crippen LogP contribution in [-0.2, 0) is 6.54 Å². The lowest BCUT2D eigenvalue weighted by Crippen LogP contribution is -2.30. The van der Waals surface area contributed by atoms with E-state index in [2.05, 4.69) is 31.1 Å². The monoisotopic (exact) mass is 212 g/mol. The third-order valence-corrected chi connectivity index (χ3v) is 2.81. The molecule has 0 saturated carbocycles. The van der Waals surface area contributed by atoms with Crippen LogP contribution in [0, 0.1) is 5.92 Å². The quantitative estimate of drug-likeness (QED) is 0.831. The average molecular weight is 213 g/mol. The maximum atomic E-state index is 5.98. The van der Waals surface area contributed by atoms with Gasteiger partial charge in [0.1, 0.15) is 0 Å². The second kappa shape index (κ2) is 5.32. The van der Waals surface area contributed by atoms with Gasteiger partial charge in [-0.15, -0.1) is 0 Å². The Kier molecular flexibility index (Phi) is 4.36. The lowest BCUT2D eigenvalue weighted by atomic mass is 10.1. The molecule has 0 bridgehead atoms. The van der Waals surface area contributed by atoms with Crippen molar-refractivity contribution >= 4 is 11.6 Å². The molecule has 0 radical (unpaired) electrons. The highest BCUT2D eigenvalue weighted by molar-refractivity contribution is 6.31. The largest absolute Gasteiger partial charge is 0.310 e. The zero-order chi connectivity index (χ0) is 10.6. The summed E-state index contributed by atoms with van der Waals surface area (Å²) in [6.07, 6.45) is 3.45. The SMILES string of the molecule is CC(C)C(C)NCc1ccncc1Cl. The topological polar surface area (TPSA) is 24.9 Å². The number of pyridine rings is 1. The molecule has 0 aliphatic heterocycles. The first-order valence-electron chi connectivity index (χ1n) is 4.93. The highest BCUT2D eigenvalue weighted by Gasteiger charge is 2.06. The molecule has 1 aromatic rings. The van der Waals surface area contributed by atoms with Crippen LogP contribution < -0.4 is 5.32 Å². The summed E-state index contributed by atoms with van der Waals surface area (Å²) in [5.41, 5.74) is 1.11. The first-order valence-corrected chi connectivity index (χ1v) is 5.31. The molecule has 1 rings (SSSR count). The van der Waals surface area contributed by atoms with Gasteiger partial charge in [-0.1, -0.05) is 25.4 Å². The van der Waals surface area contributed by atoms with Crippen molar-refractivity contribution in [3.8, 4) is 0 Å². The summed E-state index contributed by atoms with van der Waals surface area (Å²) in [7, 11) is 0. The molecule has 1 aromatic heterocycles. The molecule has 0 aliphatic rings. The highest BCUT2D eigenvalue weighted by atomic mass is 35.5. The molecule has 78 valence electrons. The van der Waals surface area contributed by atoms with Crippen molar-refractivity contribution in [2.24, 2.45) is 5.92 Å². The van der Waals surface area contributed by atoms with Crippen LogP contribution in [0.4, 0.5) is 0 Å². The Balaban J connectivity index is 2.50. The minimum absolute atomic E-state index is 0.499. The number of hydrogen-bond donors (Lipinski definition) is 1. The van der Waals surface area contributed by atoms with E-state index in [4.69, 9.17) is 11.6 Å². The van der Waals surface area contributed by atoms with Gasteiger partial charge in [0.25, 0.3) is 0 Å². The average Bonchev–Trinajstić information content (AvgIpc) is 2.16. The van der Waals surface area contributed by atoms with Gasteiger partial charge in [-0.2, -0.15) is 0 Å². The maximum absolute atomic E-state index is 5.98. The third-order valence-electron chi connectivity index (χ3n) is 2.47. The van der Waals surface area contributed by atoms with Crippen LogP contribution in [0.25, 0.3) is 0 Å². The number of rotatable bonds is 4. The molecule has 2 nitrogen and oxygen atoms in total. The lowest BCUT2D eigenvalue weighted by molar-refractivity contribution is 0.426. The summed E-state index contributed by atoms with van der Waals surface area (Å²) in [4.78, 5) is 3.95. The molecule has 0 fully saturated rings. The fourth-order valence-electron chi connectivity index (χ4n) is 1.05. The lowest BCUT2D eigenvalue weighted by Gasteiger charge is -2.17. The molecule has 0 aromatic carbocycles. The zero-order valence-electron chi connectivity index (χ0n) is 8.92. The van der Waals surface area contributed by atoms with E-state index in [1.54, 1.807) is 12.4 Å². The molecule has 1 atom stereocenters. The van der Waals surface area contributed by atoms with E-state index in [1.807, 2.05) is 6.07 Å². The first-order chi connectivity index (χ1) is 6.61. The molecular weight excluding hydrogens is 196 g/mol. The van der Waals surface area contributed by atoms with Crippen LogP contribution in [0.15, 0.2) is 18.5 Å². The second-order valence-electron chi connectivity index (χ2n) is 3.88. The van der Waals surface area contributed by atoms with Crippen molar-refractivity contribution < 1.29 is 0 Å². The van der Waals surface area contributed by atoms with Gasteiger partial charge in [0.2, 0.25) is 0 Å². The van der Waals surface area contributed by atoms with Gasteiger partial charge in [0.15, 0.2) is 0 Å². The van der Waals surface area contributed by atoms with Crippen LogP contribution in [0.2, 0.25) is 5.02 Å². The Morgan fingerprint density at radius 2 is 2.14 bits per heavy atom. The van der Waals surface area contributed by atoms with E-state index in [0.717, 1.165) is 17.1 Å². The van der Waals surface area contributed by atoms with Gasteiger partial charge in [-0.05, 0) is 24.5 Å². The van der Waals surface area contributed by atoms with Gasteiger partial charge >= 0.3 is 0 Å². The molecular formula is C11H17ClN2. The number of halogens is 1. The van der Waals surface area contributed by atoms with Crippen molar-refractivity contribution in [1.29, 1.82) is 0 Å². The van der Waals surface area contributed by atoms with Crippen LogP contribution >= 0.6 is 11.6 Å². The van der Waals surface area contributed by atoms with Gasteiger partial charge in [-0.3, -0.25) is 4.98 Å². The van der Waals surface area contributed by atoms with Crippen LogP contribution in [0.1, 0.15) is 26.3 Å². The summed E-state index contributed by atoms with van der Waals surface area (Å²) >= 11 is 5.98. The van der Waals surface area contributed by atoms with E-state index in [9.17, 15) is 0 Å². The Morgan fingerprint density at radius 1 is 1.43 bits per heavy atom. The normalized spacial score (nSPS) is 13.2. The Bertz CT molecular complexity index is 286. The predicted octanol–water partition coefficient (Wildman–Crippen LogP) is 2.87. The Hall–Kier alpha value is -0.600. The second-order valence-corrected chi connectivity index (χ2v) is 4.29. The fourth-order valence-corrected chi connectivity index (χ4v) is 1.24. The van der Waals surface area contributed by atoms with Gasteiger partial charge in [-0.25, -0.2) is 0 Å². The van der Waals surface area contributed by atoms with Crippen molar-refractivity contribution in [2.75, 3.05) is 0 Å². The molecule has 3 heteroatoms. The smallest absolute Gasteiger partial charge is 0.0634 e. The molecule has 0 spiro atoms. The summed E-state index contributed by atoms with van der Waals surface area (Å²) < 4.78 is 0. The zero-order valence-corrected chi connectivity index (χ0v) is 9.67. The van der Waals surface area contributed by atoms with Gasteiger partial charge < -0.3 is 5.32 Å². The third kappa shape index (κ3) is 3.28. The summed E-state index contributed by atoms with van der Waals surface area (Å²) in [6.45, 7) is 7.39. The fraction of sp³-hybridized carbons (Fsp3) is 0.545. The molecule has 1 heterocycles. The Morgan fingerprint density at radius 3 is 2.71 bits per heavy atom. The number of nitrogens with zero attached hydrogens (tertiary/aromatic N) is 1. The molecule has 1 unspecified atom stereocenters. The van der Waals surface area contributed by atoms with Crippen molar-refractivity contribution in [2.45, 2.75) is 33.4 Å². The summed E-state index contributed by atoms with van der Waals surface area (Å²) in [6, 6.07) is 2.45. The van der Waals surface area contributed by atoms with Gasteiger partial charge in [0, 0.05) is 25.0 Å². The van der Waals surface area contributed by atoms with Crippen molar-refractivity contribution in [3.05, 3.63) is 29.0 Å². The van der Waals surface area contributed by atoms with E-state index in [-0.39, 0.29) is 0 Å². The summed E-state index contributed by atoms with van der Waals surface area (Å²) in [5.74, 6) is 0.635. The minimum atomic E-state index is 0.499. The van der Waals surface area contributed by atoms with Crippen LogP contribution in [0.5, 0.6) is 0 Å². The van der Waals surface area contributed by atoms with Gasteiger partial charge in [0.05, 0.1) is 5.02 Å². The van der Waals surface area contributed by atoms with Crippen LogP contribution in [-0.4, -0.2) is 11.0 Å². The van der Waals surface area contributed by atoms with E-state index in [0.29, 0.717) is 12.0 Å². The summed E-state index contributed by atoms with van der Waals surface area (Å²) in [5, 5.41) is 4.16. The molecule has 0 saturated heterocycles. The van der Waals surface area contributed by atoms with Crippen molar-refractivity contribution in [1.82, 2.24) is 10.3 Å². The molecule has 1 N–H and O–H groups in total. The first kappa shape index (κ1) is 11.5. The predicted molar refractivity (Wildman–Crippen MR) is 60.4 cm³/mol. The van der Waals surface area contributed by atoms with E-state index in [1.165, 1.54) is 0 Å². The molecule has 14 heavy (non-hydrogen) atoms. The van der Waals surface area contributed by atoms with Crippen LogP contribution in [0.3, 0.4) is 0 Å². The standard InChI is InChI=1S/C11H17ClN2/c1-8(2)9(3)14-6-10-4-5-13-7-11(10)12/h4-5,7-9,14H,6H2,1-3H3. The minimum Gasteiger partial charge on any atom is -0.310 e. The van der Waals surface area contributed by atoms with E-state index >= 15 is 0 Å². The number of hydrogen-bond acceptors (Lipinski definition) is 2. The molecule has 0 aliphatic carbocycles. The highest BCUT2D eigenvalue weighted by Crippen LogP contribution is 2.13. The number of aromatic nitrogens is 1. The number of nitrogens with one attached hydrogen (secondary N) is 1. The van der Waals surface area contributed by atoms with E-state index < -0.39 is 0 Å². The maximum Gasteiger partial charge on any atom is 0.0634 e. The molecule has 0 amide bonds.